The Kier molecular flexibility index (Phi) is 2.88. The van der Waals surface area contributed by atoms with Gasteiger partial charge in [0.2, 0.25) is 8.32 Å². The molecular formula is C10H14O2Si. The Morgan fingerprint density at radius 2 is 1.69 bits per heavy atom. The van der Waals surface area contributed by atoms with E-state index in [0.29, 0.717) is 5.56 Å². The van der Waals surface area contributed by atoms with Gasteiger partial charge in [-0.15, -0.1) is 0 Å². The molecule has 0 amide bonds. The van der Waals surface area contributed by atoms with Gasteiger partial charge < -0.3 is 4.43 Å². The summed E-state index contributed by atoms with van der Waals surface area (Å²) in [7, 11) is -1.75. The second-order valence-corrected chi connectivity index (χ2v) is 8.30. The maximum absolute atomic E-state index is 11.5. The summed E-state index contributed by atoms with van der Waals surface area (Å²) in [6, 6.07) is 9.08. The highest BCUT2D eigenvalue weighted by Crippen LogP contribution is 2.08. The van der Waals surface area contributed by atoms with Crippen molar-refractivity contribution in [2.75, 3.05) is 0 Å². The minimum absolute atomic E-state index is 0.209. The average Bonchev–Trinajstić information content (AvgIpc) is 2.03. The molecule has 0 bridgehead atoms. The highest BCUT2D eigenvalue weighted by molar-refractivity contribution is 6.71. The number of carbonyl (C=O) groups is 1. The third-order valence-electron chi connectivity index (χ3n) is 1.41. The van der Waals surface area contributed by atoms with Crippen LogP contribution in [0.4, 0.5) is 0 Å². The molecule has 0 aliphatic carbocycles. The van der Waals surface area contributed by atoms with Gasteiger partial charge in [-0.25, -0.2) is 4.79 Å². The van der Waals surface area contributed by atoms with Gasteiger partial charge in [0.25, 0.3) is 0 Å². The molecule has 0 unspecified atom stereocenters. The van der Waals surface area contributed by atoms with E-state index in [1.165, 1.54) is 0 Å². The summed E-state index contributed by atoms with van der Waals surface area (Å²) in [5.74, 6) is -0.209. The van der Waals surface area contributed by atoms with Gasteiger partial charge in [-0.1, -0.05) is 18.2 Å². The minimum Gasteiger partial charge on any atom is -0.516 e. The summed E-state index contributed by atoms with van der Waals surface area (Å²) in [6.07, 6.45) is 0. The smallest absolute Gasteiger partial charge is 0.324 e. The van der Waals surface area contributed by atoms with E-state index in [2.05, 4.69) is 0 Å². The molecule has 0 saturated carbocycles. The van der Waals surface area contributed by atoms with Crippen LogP contribution in [0.25, 0.3) is 0 Å². The van der Waals surface area contributed by atoms with Crippen LogP contribution in [0.2, 0.25) is 19.6 Å². The number of benzene rings is 1. The van der Waals surface area contributed by atoms with Crippen molar-refractivity contribution < 1.29 is 9.22 Å². The molecule has 0 atom stereocenters. The Balaban J connectivity index is 2.71. The van der Waals surface area contributed by atoms with E-state index >= 15 is 0 Å². The second-order valence-electron chi connectivity index (χ2n) is 3.87. The third kappa shape index (κ3) is 3.42. The van der Waals surface area contributed by atoms with E-state index in [1.807, 2.05) is 37.8 Å². The van der Waals surface area contributed by atoms with E-state index in [1.54, 1.807) is 12.1 Å². The predicted octanol–water partition coefficient (Wildman–Crippen LogP) is 2.68. The molecule has 70 valence electrons. The molecule has 0 fully saturated rings. The Morgan fingerprint density at radius 3 is 2.15 bits per heavy atom. The Morgan fingerprint density at radius 1 is 1.15 bits per heavy atom. The molecule has 0 saturated heterocycles. The first-order valence-corrected chi connectivity index (χ1v) is 7.68. The fourth-order valence-corrected chi connectivity index (χ4v) is 1.59. The van der Waals surface area contributed by atoms with Gasteiger partial charge in [0.1, 0.15) is 0 Å². The first kappa shape index (κ1) is 9.99. The molecule has 2 nitrogen and oxygen atoms in total. The van der Waals surface area contributed by atoms with Gasteiger partial charge in [-0.3, -0.25) is 0 Å². The van der Waals surface area contributed by atoms with Crippen molar-refractivity contribution in [1.82, 2.24) is 0 Å². The van der Waals surface area contributed by atoms with Crippen LogP contribution in [-0.4, -0.2) is 14.3 Å². The molecule has 0 aliphatic heterocycles. The second kappa shape index (κ2) is 3.74. The zero-order valence-corrected chi connectivity index (χ0v) is 9.20. The summed E-state index contributed by atoms with van der Waals surface area (Å²) >= 11 is 0. The third-order valence-corrected chi connectivity index (χ3v) is 2.21. The van der Waals surface area contributed by atoms with Crippen LogP contribution in [0.1, 0.15) is 10.4 Å². The van der Waals surface area contributed by atoms with Crippen molar-refractivity contribution in [2.24, 2.45) is 0 Å². The molecular weight excluding hydrogens is 180 g/mol. The lowest BCUT2D eigenvalue weighted by Crippen LogP contribution is -2.29. The van der Waals surface area contributed by atoms with Crippen LogP contribution < -0.4 is 0 Å². The van der Waals surface area contributed by atoms with Gasteiger partial charge in [0.15, 0.2) is 0 Å². The highest BCUT2D eigenvalue weighted by atomic mass is 28.4. The summed E-state index contributed by atoms with van der Waals surface area (Å²) in [5, 5.41) is 0. The van der Waals surface area contributed by atoms with Crippen molar-refractivity contribution in [3.8, 4) is 0 Å². The van der Waals surface area contributed by atoms with Gasteiger partial charge in [-0.05, 0) is 31.8 Å². The van der Waals surface area contributed by atoms with Gasteiger partial charge in [-0.2, -0.15) is 0 Å². The first-order valence-electron chi connectivity index (χ1n) is 4.27. The number of hydrogen-bond acceptors (Lipinski definition) is 2. The molecule has 0 N–H and O–H groups in total. The zero-order valence-electron chi connectivity index (χ0n) is 8.20. The van der Waals surface area contributed by atoms with Gasteiger partial charge >= 0.3 is 5.97 Å². The van der Waals surface area contributed by atoms with Crippen LogP contribution in [-0.2, 0) is 4.43 Å². The largest absolute Gasteiger partial charge is 0.516 e. The van der Waals surface area contributed by atoms with E-state index < -0.39 is 8.32 Å². The average molecular weight is 194 g/mol. The van der Waals surface area contributed by atoms with E-state index in [4.69, 9.17) is 4.43 Å². The lowest BCUT2D eigenvalue weighted by molar-refractivity contribution is 0.0724. The molecule has 0 aliphatic rings. The highest BCUT2D eigenvalue weighted by Gasteiger charge is 2.20. The van der Waals surface area contributed by atoms with Crippen LogP contribution in [0.3, 0.4) is 0 Å². The van der Waals surface area contributed by atoms with E-state index in [0.717, 1.165) is 0 Å². The Labute approximate surface area is 79.7 Å². The molecule has 0 spiro atoms. The molecule has 0 radical (unpaired) electrons. The van der Waals surface area contributed by atoms with Crippen molar-refractivity contribution in [3.63, 3.8) is 0 Å². The quantitative estimate of drug-likeness (QED) is 0.677. The molecule has 3 heteroatoms. The monoisotopic (exact) mass is 194 g/mol. The van der Waals surface area contributed by atoms with E-state index in [9.17, 15) is 4.79 Å². The van der Waals surface area contributed by atoms with Crippen molar-refractivity contribution in [2.45, 2.75) is 19.6 Å². The summed E-state index contributed by atoms with van der Waals surface area (Å²) in [4.78, 5) is 11.5. The maximum atomic E-state index is 11.5. The summed E-state index contributed by atoms with van der Waals surface area (Å²) in [5.41, 5.74) is 0.630. The molecule has 1 aromatic carbocycles. The minimum atomic E-state index is -1.75. The fourth-order valence-electron chi connectivity index (χ4n) is 0.911. The topological polar surface area (TPSA) is 26.3 Å². The molecule has 1 aromatic rings. The van der Waals surface area contributed by atoms with Crippen LogP contribution in [0, 0.1) is 0 Å². The number of carbonyl (C=O) groups excluding carboxylic acids is 1. The molecule has 0 heterocycles. The van der Waals surface area contributed by atoms with Crippen molar-refractivity contribution in [3.05, 3.63) is 35.9 Å². The zero-order chi connectivity index (χ0) is 9.90. The first-order chi connectivity index (χ1) is 5.99. The van der Waals surface area contributed by atoms with Gasteiger partial charge in [0, 0.05) is 0 Å². The normalized spacial score (nSPS) is 11.0. The number of hydrogen-bond donors (Lipinski definition) is 0. The van der Waals surface area contributed by atoms with Crippen LogP contribution >= 0.6 is 0 Å². The van der Waals surface area contributed by atoms with Crippen LogP contribution in [0.5, 0.6) is 0 Å². The molecule has 13 heavy (non-hydrogen) atoms. The molecule has 1 rings (SSSR count). The Bertz CT molecular complexity index is 288. The predicted molar refractivity (Wildman–Crippen MR) is 55.2 cm³/mol. The van der Waals surface area contributed by atoms with E-state index in [-0.39, 0.29) is 5.97 Å². The SMILES string of the molecule is C[Si](C)(C)OC(=O)c1ccccc1. The number of rotatable bonds is 2. The summed E-state index contributed by atoms with van der Waals surface area (Å²) in [6.45, 7) is 5.98. The fraction of sp³-hybridized carbons (Fsp3) is 0.300. The lowest BCUT2D eigenvalue weighted by Gasteiger charge is -2.16. The van der Waals surface area contributed by atoms with Gasteiger partial charge in [0.05, 0.1) is 5.56 Å². The molecule has 0 aromatic heterocycles. The van der Waals surface area contributed by atoms with Crippen molar-refractivity contribution in [1.29, 1.82) is 0 Å². The summed E-state index contributed by atoms with van der Waals surface area (Å²) < 4.78 is 5.32. The van der Waals surface area contributed by atoms with Crippen molar-refractivity contribution >= 4 is 14.3 Å². The Hall–Kier alpha value is -1.09. The maximum Gasteiger partial charge on any atom is 0.324 e. The lowest BCUT2D eigenvalue weighted by atomic mass is 10.2. The standard InChI is InChI=1S/C10H14O2Si/c1-13(2,3)12-10(11)9-7-5-4-6-8-9/h4-8H,1-3H3. The van der Waals surface area contributed by atoms with Crippen LogP contribution in [0.15, 0.2) is 30.3 Å².